The molecule has 22 heavy (non-hydrogen) atoms. The fraction of sp³-hybridized carbons (Fsp3) is 0.833. The van der Waals surface area contributed by atoms with Crippen molar-refractivity contribution in [2.45, 2.75) is 18.3 Å². The molecule has 0 bridgehead atoms. The van der Waals surface area contributed by atoms with Crippen LogP contribution in [0.3, 0.4) is 0 Å². The number of nitrogens with one attached hydrogen (secondary N) is 1. The quantitative estimate of drug-likeness (QED) is 0.779. The second-order valence-corrected chi connectivity index (χ2v) is 5.37. The minimum Gasteiger partial charge on any atom is -0.481 e. The average Bonchev–Trinajstić information content (AvgIpc) is 3.03. The van der Waals surface area contributed by atoms with Crippen molar-refractivity contribution in [3.8, 4) is 0 Å². The molecule has 2 fully saturated rings. The lowest BCUT2D eigenvalue weighted by atomic mass is 9.96. The van der Waals surface area contributed by atoms with Gasteiger partial charge in [0.1, 0.15) is 6.10 Å². The molecule has 2 aliphatic rings. The standard InChI is InChI=1S/C12H17F3N2O5/c1-21-9-5-22-4-8(9)16-11(20)17-2-6(10(18)19)7(3-17)12(13,14)15/h6-9H,2-5H2,1H3,(H,16,20)(H,18,19)/t6-,7-,8+,9-/m1/s1. The van der Waals surface area contributed by atoms with Crippen molar-refractivity contribution >= 4 is 12.0 Å². The number of carbonyl (C=O) groups is 2. The van der Waals surface area contributed by atoms with Gasteiger partial charge >= 0.3 is 18.2 Å². The molecule has 0 aliphatic carbocycles. The van der Waals surface area contributed by atoms with E-state index in [4.69, 9.17) is 14.6 Å². The third-order valence-electron chi connectivity index (χ3n) is 3.98. The number of amides is 2. The van der Waals surface area contributed by atoms with Gasteiger partial charge < -0.3 is 24.8 Å². The van der Waals surface area contributed by atoms with Crippen molar-refractivity contribution in [3.63, 3.8) is 0 Å². The molecule has 126 valence electrons. The fourth-order valence-electron chi connectivity index (χ4n) is 2.70. The third kappa shape index (κ3) is 3.43. The molecule has 0 aromatic rings. The number of carboxylic acid groups (broad SMARTS) is 1. The van der Waals surface area contributed by atoms with Crippen LogP contribution < -0.4 is 5.32 Å². The Bertz CT molecular complexity index is 445. The van der Waals surface area contributed by atoms with Crippen molar-refractivity contribution in [1.82, 2.24) is 10.2 Å². The maximum Gasteiger partial charge on any atom is 0.394 e. The van der Waals surface area contributed by atoms with Gasteiger partial charge in [-0.1, -0.05) is 0 Å². The Morgan fingerprint density at radius 3 is 2.50 bits per heavy atom. The van der Waals surface area contributed by atoms with E-state index in [-0.39, 0.29) is 19.3 Å². The Hall–Kier alpha value is -1.55. The lowest BCUT2D eigenvalue weighted by Gasteiger charge is -2.23. The van der Waals surface area contributed by atoms with E-state index in [9.17, 15) is 22.8 Å². The molecule has 10 heteroatoms. The van der Waals surface area contributed by atoms with Crippen molar-refractivity contribution in [1.29, 1.82) is 0 Å². The molecule has 0 saturated carbocycles. The monoisotopic (exact) mass is 326 g/mol. The number of carbonyl (C=O) groups excluding carboxylic acids is 1. The Morgan fingerprint density at radius 2 is 2.00 bits per heavy atom. The second kappa shape index (κ2) is 6.29. The molecule has 2 rings (SSSR count). The van der Waals surface area contributed by atoms with E-state index in [0.717, 1.165) is 4.90 Å². The van der Waals surface area contributed by atoms with Crippen LogP contribution in [0.5, 0.6) is 0 Å². The Labute approximate surface area is 124 Å². The highest BCUT2D eigenvalue weighted by atomic mass is 19.4. The number of ether oxygens (including phenoxy) is 2. The van der Waals surface area contributed by atoms with Gasteiger partial charge in [-0.25, -0.2) is 4.79 Å². The molecule has 4 atom stereocenters. The summed E-state index contributed by atoms with van der Waals surface area (Å²) in [5, 5.41) is 11.4. The number of urea groups is 1. The number of likely N-dealkylation sites (tertiary alicyclic amines) is 1. The van der Waals surface area contributed by atoms with Crippen molar-refractivity contribution < 1.29 is 37.3 Å². The smallest absolute Gasteiger partial charge is 0.394 e. The predicted octanol–water partition coefficient (Wildman–Crippen LogP) is 0.305. The van der Waals surface area contributed by atoms with Gasteiger partial charge in [-0.05, 0) is 0 Å². The largest absolute Gasteiger partial charge is 0.481 e. The van der Waals surface area contributed by atoms with Crippen molar-refractivity contribution in [2.75, 3.05) is 33.4 Å². The van der Waals surface area contributed by atoms with E-state index in [1.807, 2.05) is 0 Å². The van der Waals surface area contributed by atoms with Crippen LogP contribution in [0, 0.1) is 11.8 Å². The SMILES string of the molecule is CO[C@@H]1COC[C@@H]1NC(=O)N1C[C@@H](C(F)(F)F)[C@H](C(=O)O)C1. The number of hydrogen-bond acceptors (Lipinski definition) is 4. The molecule has 0 unspecified atom stereocenters. The van der Waals surface area contributed by atoms with E-state index in [2.05, 4.69) is 5.32 Å². The summed E-state index contributed by atoms with van der Waals surface area (Å²) < 4.78 is 48.8. The number of methoxy groups -OCH3 is 1. The first-order valence-electron chi connectivity index (χ1n) is 6.69. The topological polar surface area (TPSA) is 88.1 Å². The number of alkyl halides is 3. The van der Waals surface area contributed by atoms with Gasteiger partial charge in [0.15, 0.2) is 0 Å². The minimum atomic E-state index is -4.66. The highest BCUT2D eigenvalue weighted by molar-refractivity contribution is 5.78. The molecule has 0 aromatic carbocycles. The maximum atomic E-state index is 12.9. The van der Waals surface area contributed by atoms with Crippen LogP contribution in [0.2, 0.25) is 0 Å². The number of rotatable bonds is 3. The molecular formula is C12H17F3N2O5. The summed E-state index contributed by atoms with van der Waals surface area (Å²) in [5.74, 6) is -5.27. The summed E-state index contributed by atoms with van der Waals surface area (Å²) in [4.78, 5) is 23.9. The molecule has 2 N–H and O–H groups in total. The van der Waals surface area contributed by atoms with Crippen molar-refractivity contribution in [2.24, 2.45) is 11.8 Å². The summed E-state index contributed by atoms with van der Waals surface area (Å²) in [6.45, 7) is -0.665. The first kappa shape index (κ1) is 16.8. The number of aliphatic carboxylic acids is 1. The van der Waals surface area contributed by atoms with Gasteiger partial charge in [0.25, 0.3) is 0 Å². The molecule has 2 amide bonds. The second-order valence-electron chi connectivity index (χ2n) is 5.37. The Kier molecular flexibility index (Phi) is 4.81. The number of carboxylic acids is 1. The molecule has 2 saturated heterocycles. The zero-order valence-corrected chi connectivity index (χ0v) is 11.8. The van der Waals surface area contributed by atoms with Crippen LogP contribution in [-0.4, -0.2) is 73.7 Å². The highest BCUT2D eigenvalue weighted by Crippen LogP contribution is 2.37. The zero-order chi connectivity index (χ0) is 16.5. The molecular weight excluding hydrogens is 309 g/mol. The molecule has 7 nitrogen and oxygen atoms in total. The Balaban J connectivity index is 2.01. The van der Waals surface area contributed by atoms with Gasteiger partial charge in [0, 0.05) is 20.2 Å². The normalized spacial score (nSPS) is 32.3. The summed E-state index contributed by atoms with van der Waals surface area (Å²) in [6.07, 6.45) is -5.04. The summed E-state index contributed by atoms with van der Waals surface area (Å²) in [5.41, 5.74) is 0. The lowest BCUT2D eigenvalue weighted by molar-refractivity contribution is -0.187. The molecule has 2 aliphatic heterocycles. The molecule has 2 heterocycles. The number of hydrogen-bond donors (Lipinski definition) is 2. The number of nitrogens with zero attached hydrogens (tertiary/aromatic N) is 1. The van der Waals surface area contributed by atoms with E-state index >= 15 is 0 Å². The van der Waals surface area contributed by atoms with Gasteiger partial charge in [-0.2, -0.15) is 13.2 Å². The first-order valence-corrected chi connectivity index (χ1v) is 6.69. The molecule has 0 aromatic heterocycles. The first-order chi connectivity index (χ1) is 10.2. The summed E-state index contributed by atoms with van der Waals surface area (Å²) >= 11 is 0. The van der Waals surface area contributed by atoms with E-state index in [1.165, 1.54) is 7.11 Å². The maximum absolute atomic E-state index is 12.9. The average molecular weight is 326 g/mol. The minimum absolute atomic E-state index is 0.198. The Morgan fingerprint density at radius 1 is 1.32 bits per heavy atom. The third-order valence-corrected chi connectivity index (χ3v) is 3.98. The summed E-state index contributed by atoms with van der Waals surface area (Å²) in [7, 11) is 1.44. The van der Waals surface area contributed by atoms with Crippen LogP contribution >= 0.6 is 0 Å². The fourth-order valence-corrected chi connectivity index (χ4v) is 2.70. The van der Waals surface area contributed by atoms with Gasteiger partial charge in [-0.3, -0.25) is 4.79 Å². The highest BCUT2D eigenvalue weighted by Gasteiger charge is 2.53. The lowest BCUT2D eigenvalue weighted by Crippen LogP contribution is -2.49. The molecule has 0 spiro atoms. The van der Waals surface area contributed by atoms with Crippen LogP contribution in [-0.2, 0) is 14.3 Å². The van der Waals surface area contributed by atoms with Crippen molar-refractivity contribution in [3.05, 3.63) is 0 Å². The van der Waals surface area contributed by atoms with Crippen LogP contribution in [0.15, 0.2) is 0 Å². The van der Waals surface area contributed by atoms with Gasteiger partial charge in [-0.15, -0.1) is 0 Å². The van der Waals surface area contributed by atoms with Crippen LogP contribution in [0.4, 0.5) is 18.0 Å². The van der Waals surface area contributed by atoms with Crippen LogP contribution in [0.25, 0.3) is 0 Å². The van der Waals surface area contributed by atoms with E-state index in [1.54, 1.807) is 0 Å². The zero-order valence-electron chi connectivity index (χ0n) is 11.8. The number of halogens is 3. The van der Waals surface area contributed by atoms with Crippen LogP contribution in [0.1, 0.15) is 0 Å². The van der Waals surface area contributed by atoms with E-state index in [0.29, 0.717) is 0 Å². The predicted molar refractivity (Wildman–Crippen MR) is 66.2 cm³/mol. The molecule has 0 radical (unpaired) electrons. The summed E-state index contributed by atoms with van der Waals surface area (Å²) in [6, 6.07) is -1.21. The van der Waals surface area contributed by atoms with Gasteiger partial charge in [0.2, 0.25) is 0 Å². The van der Waals surface area contributed by atoms with E-state index < -0.39 is 49.1 Å². The van der Waals surface area contributed by atoms with Gasteiger partial charge in [0.05, 0.1) is 31.1 Å².